The molecule has 76 valence electrons. The molecule has 1 heteroatoms. The predicted octanol–water partition coefficient (Wildman–Crippen LogP) is 2.91. The minimum atomic E-state index is -1.03. The lowest BCUT2D eigenvalue weighted by Gasteiger charge is -2.33. The van der Waals surface area contributed by atoms with Gasteiger partial charge >= 0.3 is 0 Å². The molecule has 2 aliphatic heterocycles. The van der Waals surface area contributed by atoms with Crippen LogP contribution in [0.3, 0.4) is 0 Å². The highest BCUT2D eigenvalue weighted by Gasteiger charge is 2.46. The summed E-state index contributed by atoms with van der Waals surface area (Å²) < 4.78 is 16.8. The molecule has 0 aromatic rings. The smallest absolute Gasteiger partial charge is 0.0288 e. The number of fused-ring (bicyclic) bond motifs is 1. The summed E-state index contributed by atoms with van der Waals surface area (Å²) in [6.07, 6.45) is 2.26. The maximum atomic E-state index is 8.41. The first-order valence-electron chi connectivity index (χ1n) is 6.65. The van der Waals surface area contributed by atoms with Gasteiger partial charge in [0.05, 0.1) is 0 Å². The number of hydrogen-bond donors (Lipinski definition) is 0. The van der Waals surface area contributed by atoms with Crippen LogP contribution in [0.2, 0.25) is 0 Å². The van der Waals surface area contributed by atoms with Crippen LogP contribution < -0.4 is 0 Å². The third kappa shape index (κ3) is 1.63. The average molecular weight is 183 g/mol. The van der Waals surface area contributed by atoms with Crippen LogP contribution in [0, 0.1) is 11.8 Å². The Morgan fingerprint density at radius 2 is 2.38 bits per heavy atom. The van der Waals surface area contributed by atoms with Crippen molar-refractivity contribution in [2.45, 2.75) is 51.9 Å². The molecular formula is C12H23N. The molecule has 0 spiro atoms. The van der Waals surface area contributed by atoms with E-state index >= 15 is 0 Å². The summed E-state index contributed by atoms with van der Waals surface area (Å²) in [6, 6.07) is 0. The second-order valence-corrected chi connectivity index (χ2v) is 5.19. The first kappa shape index (κ1) is 7.28. The van der Waals surface area contributed by atoms with E-state index < -0.39 is 6.37 Å². The average Bonchev–Trinajstić information content (AvgIpc) is 2.60. The maximum Gasteiger partial charge on any atom is 0.0288 e. The van der Waals surface area contributed by atoms with E-state index in [0.717, 1.165) is 25.9 Å². The van der Waals surface area contributed by atoms with E-state index in [1.807, 2.05) is 13.8 Å². The van der Waals surface area contributed by atoms with Crippen LogP contribution >= 0.6 is 0 Å². The Hall–Kier alpha value is -0.0400. The first-order chi connectivity index (χ1) is 6.90. The van der Waals surface area contributed by atoms with Crippen LogP contribution in [0.25, 0.3) is 0 Å². The summed E-state index contributed by atoms with van der Waals surface area (Å²) >= 11 is 0. The van der Waals surface area contributed by atoms with Gasteiger partial charge in [0.1, 0.15) is 0 Å². The molecule has 2 atom stereocenters. The Morgan fingerprint density at radius 1 is 1.62 bits per heavy atom. The normalized spacial score (nSPS) is 43.5. The van der Waals surface area contributed by atoms with E-state index in [-0.39, 0.29) is 11.5 Å². The molecule has 2 aliphatic rings. The van der Waals surface area contributed by atoms with Crippen LogP contribution in [-0.2, 0) is 0 Å². The van der Waals surface area contributed by atoms with Crippen molar-refractivity contribution in [1.29, 1.82) is 0 Å². The summed E-state index contributed by atoms with van der Waals surface area (Å²) in [5.41, 5.74) is -0.138. The van der Waals surface area contributed by atoms with Gasteiger partial charge in [-0.2, -0.15) is 0 Å². The molecular weight excluding hydrogens is 158 g/mol. The fourth-order valence-electron chi connectivity index (χ4n) is 3.21. The SMILES string of the molecule is [2H]C([2H])(C(C)C)[C@@]12CCCN1C[C@H](C)C2. The fourth-order valence-corrected chi connectivity index (χ4v) is 3.21. The molecule has 13 heavy (non-hydrogen) atoms. The van der Waals surface area contributed by atoms with Gasteiger partial charge in [0, 0.05) is 14.8 Å². The molecule has 2 rings (SSSR count). The van der Waals surface area contributed by atoms with E-state index in [1.165, 1.54) is 6.42 Å². The van der Waals surface area contributed by atoms with E-state index in [4.69, 9.17) is 2.74 Å². The van der Waals surface area contributed by atoms with Crippen LogP contribution in [0.5, 0.6) is 0 Å². The molecule has 0 N–H and O–H groups in total. The highest BCUT2D eigenvalue weighted by atomic mass is 15.2. The van der Waals surface area contributed by atoms with Crippen molar-refractivity contribution in [2.24, 2.45) is 11.8 Å². The molecule has 0 unspecified atom stereocenters. The number of hydrogen-bond acceptors (Lipinski definition) is 1. The highest BCUT2D eigenvalue weighted by molar-refractivity contribution is 5.02. The molecule has 0 bridgehead atoms. The number of rotatable bonds is 2. The largest absolute Gasteiger partial charge is 0.297 e. The Kier molecular flexibility index (Phi) is 1.83. The minimum absolute atomic E-state index is 0.114. The summed E-state index contributed by atoms with van der Waals surface area (Å²) in [5, 5.41) is 0. The zero-order valence-electron chi connectivity index (χ0n) is 11.1. The van der Waals surface area contributed by atoms with Gasteiger partial charge in [0.2, 0.25) is 0 Å². The van der Waals surface area contributed by atoms with Gasteiger partial charge < -0.3 is 0 Å². The standard InChI is InChI=1S/C12H23N/c1-10(2)7-12-5-4-6-13(12)9-11(3)8-12/h10-11H,4-9H2,1-3H3/t11-,12-/m1/s1/i7D2. The van der Waals surface area contributed by atoms with Crippen molar-refractivity contribution < 1.29 is 2.74 Å². The van der Waals surface area contributed by atoms with E-state index in [1.54, 1.807) is 0 Å². The summed E-state index contributed by atoms with van der Waals surface area (Å²) in [6.45, 7) is 8.52. The lowest BCUT2D eigenvalue weighted by atomic mass is 9.83. The zero-order chi connectivity index (χ0) is 11.3. The molecule has 2 saturated heterocycles. The molecule has 0 aliphatic carbocycles. The Labute approximate surface area is 85.3 Å². The van der Waals surface area contributed by atoms with E-state index in [0.29, 0.717) is 5.92 Å². The minimum Gasteiger partial charge on any atom is -0.297 e. The quantitative estimate of drug-likeness (QED) is 0.636. The fraction of sp³-hybridized carbons (Fsp3) is 1.00. The molecule has 0 aromatic carbocycles. The molecule has 1 nitrogen and oxygen atoms in total. The van der Waals surface area contributed by atoms with E-state index in [2.05, 4.69) is 11.8 Å². The molecule has 2 heterocycles. The molecule has 0 amide bonds. The molecule has 0 radical (unpaired) electrons. The van der Waals surface area contributed by atoms with Crippen molar-refractivity contribution in [3.8, 4) is 0 Å². The third-order valence-corrected chi connectivity index (χ3v) is 3.40. The second-order valence-electron chi connectivity index (χ2n) is 5.19. The van der Waals surface area contributed by atoms with Gasteiger partial charge in [-0.05, 0) is 44.0 Å². The molecule has 0 saturated carbocycles. The predicted molar refractivity (Wildman–Crippen MR) is 56.8 cm³/mol. The van der Waals surface area contributed by atoms with Gasteiger partial charge in [0.25, 0.3) is 0 Å². The van der Waals surface area contributed by atoms with Gasteiger partial charge in [-0.15, -0.1) is 0 Å². The Morgan fingerprint density at radius 3 is 3.08 bits per heavy atom. The second kappa shape index (κ2) is 3.27. The maximum absolute atomic E-state index is 8.41. The summed E-state index contributed by atoms with van der Waals surface area (Å²) in [5.74, 6) is 0.780. The van der Waals surface area contributed by atoms with Crippen LogP contribution in [0.15, 0.2) is 0 Å². The van der Waals surface area contributed by atoms with Gasteiger partial charge in [-0.3, -0.25) is 4.90 Å². The van der Waals surface area contributed by atoms with Gasteiger partial charge in [-0.25, -0.2) is 0 Å². The van der Waals surface area contributed by atoms with Crippen molar-refractivity contribution in [3.05, 3.63) is 0 Å². The van der Waals surface area contributed by atoms with Gasteiger partial charge in [-0.1, -0.05) is 20.8 Å². The van der Waals surface area contributed by atoms with Crippen molar-refractivity contribution in [3.63, 3.8) is 0 Å². The third-order valence-electron chi connectivity index (χ3n) is 3.40. The zero-order valence-corrected chi connectivity index (χ0v) is 9.14. The van der Waals surface area contributed by atoms with Gasteiger partial charge in [0.15, 0.2) is 0 Å². The first-order valence-corrected chi connectivity index (χ1v) is 5.65. The van der Waals surface area contributed by atoms with Crippen LogP contribution in [0.4, 0.5) is 0 Å². The van der Waals surface area contributed by atoms with Crippen LogP contribution in [-0.4, -0.2) is 23.5 Å². The lowest BCUT2D eigenvalue weighted by molar-refractivity contribution is 0.163. The highest BCUT2D eigenvalue weighted by Crippen LogP contribution is 2.45. The van der Waals surface area contributed by atoms with Crippen molar-refractivity contribution in [1.82, 2.24) is 4.90 Å². The van der Waals surface area contributed by atoms with Crippen LogP contribution in [0.1, 0.15) is 49.1 Å². The topological polar surface area (TPSA) is 3.24 Å². The van der Waals surface area contributed by atoms with Crippen molar-refractivity contribution in [2.75, 3.05) is 13.1 Å². The molecule has 2 fully saturated rings. The Bertz CT molecular complexity index is 252. The Balaban J connectivity index is 2.31. The molecule has 0 aromatic heterocycles. The lowest BCUT2D eigenvalue weighted by Crippen LogP contribution is -2.39. The van der Waals surface area contributed by atoms with E-state index in [9.17, 15) is 0 Å². The monoisotopic (exact) mass is 183 g/mol. The number of nitrogens with zero attached hydrogens (tertiary/aromatic N) is 1. The van der Waals surface area contributed by atoms with Crippen molar-refractivity contribution >= 4 is 0 Å². The summed E-state index contributed by atoms with van der Waals surface area (Å²) in [7, 11) is 0. The summed E-state index contributed by atoms with van der Waals surface area (Å²) in [4.78, 5) is 2.43.